The highest BCUT2D eigenvalue weighted by molar-refractivity contribution is 7.19. The summed E-state index contributed by atoms with van der Waals surface area (Å²) in [6.07, 6.45) is 0. The smallest absolute Gasteiger partial charge is 0.139 e. The van der Waals surface area contributed by atoms with Crippen molar-refractivity contribution in [2.24, 2.45) is 0 Å². The number of nitrogens with zero attached hydrogens (tertiary/aromatic N) is 2. The molecule has 0 saturated heterocycles. The Balaban J connectivity index is 1.75. The van der Waals surface area contributed by atoms with E-state index in [1.165, 1.54) is 17.0 Å². The molecule has 4 nitrogen and oxygen atoms in total. The van der Waals surface area contributed by atoms with E-state index in [-0.39, 0.29) is 5.82 Å². The summed E-state index contributed by atoms with van der Waals surface area (Å²) in [6, 6.07) is 14.6. The van der Waals surface area contributed by atoms with Crippen LogP contribution >= 0.6 is 11.3 Å². The second kappa shape index (κ2) is 8.17. The van der Waals surface area contributed by atoms with Crippen molar-refractivity contribution in [1.82, 2.24) is 9.97 Å². The number of ether oxygens (including phenoxy) is 1. The van der Waals surface area contributed by atoms with Gasteiger partial charge in [-0.25, -0.2) is 14.4 Å². The van der Waals surface area contributed by atoms with E-state index in [0.29, 0.717) is 13.2 Å². The summed E-state index contributed by atoms with van der Waals surface area (Å²) >= 11 is 1.67. The zero-order valence-corrected chi connectivity index (χ0v) is 17.4. The number of rotatable bonds is 6. The van der Waals surface area contributed by atoms with Gasteiger partial charge in [-0.15, -0.1) is 11.3 Å². The van der Waals surface area contributed by atoms with Gasteiger partial charge in [-0.05, 0) is 56.2 Å². The first-order valence-electron chi connectivity index (χ1n) is 9.54. The lowest BCUT2D eigenvalue weighted by molar-refractivity contribution is 0.340. The molecule has 2 aromatic heterocycles. The number of fused-ring (bicyclic) bond motifs is 1. The molecular formula is C23H22FN3OS. The van der Waals surface area contributed by atoms with Gasteiger partial charge in [0.05, 0.1) is 12.0 Å². The van der Waals surface area contributed by atoms with Gasteiger partial charge in [-0.1, -0.05) is 24.3 Å². The normalized spacial score (nSPS) is 11.0. The highest BCUT2D eigenvalue weighted by Gasteiger charge is 2.18. The molecule has 2 heterocycles. The summed E-state index contributed by atoms with van der Waals surface area (Å²) in [5.41, 5.74) is 3.23. The van der Waals surface area contributed by atoms with E-state index in [4.69, 9.17) is 4.74 Å². The highest BCUT2D eigenvalue weighted by atomic mass is 32.1. The van der Waals surface area contributed by atoms with Gasteiger partial charge in [0, 0.05) is 17.0 Å². The molecule has 4 rings (SSSR count). The maximum atomic E-state index is 13.2. The third kappa shape index (κ3) is 4.07. The molecule has 0 aliphatic rings. The molecule has 0 atom stereocenters. The van der Waals surface area contributed by atoms with Crippen molar-refractivity contribution in [3.05, 3.63) is 70.6 Å². The first kappa shape index (κ1) is 19.3. The number of nitrogens with one attached hydrogen (secondary N) is 1. The van der Waals surface area contributed by atoms with E-state index >= 15 is 0 Å². The Morgan fingerprint density at radius 2 is 1.72 bits per heavy atom. The van der Waals surface area contributed by atoms with Crippen LogP contribution in [0.1, 0.15) is 23.2 Å². The van der Waals surface area contributed by atoms with Crippen LogP contribution in [0.4, 0.5) is 10.2 Å². The molecule has 0 aliphatic carbocycles. The molecule has 2 aromatic carbocycles. The van der Waals surface area contributed by atoms with Crippen molar-refractivity contribution in [3.63, 3.8) is 0 Å². The zero-order valence-electron chi connectivity index (χ0n) is 16.6. The van der Waals surface area contributed by atoms with Crippen molar-refractivity contribution in [1.29, 1.82) is 0 Å². The van der Waals surface area contributed by atoms with Crippen LogP contribution < -0.4 is 10.1 Å². The van der Waals surface area contributed by atoms with Crippen molar-refractivity contribution in [3.8, 4) is 16.9 Å². The van der Waals surface area contributed by atoms with Crippen LogP contribution in [0.15, 0.2) is 48.5 Å². The van der Waals surface area contributed by atoms with E-state index < -0.39 is 0 Å². The number of aromatic nitrogens is 2. The monoisotopic (exact) mass is 407 g/mol. The quantitative estimate of drug-likeness (QED) is 0.418. The van der Waals surface area contributed by atoms with Crippen molar-refractivity contribution >= 4 is 27.4 Å². The Bertz CT molecular complexity index is 1140. The molecule has 29 heavy (non-hydrogen) atoms. The summed E-state index contributed by atoms with van der Waals surface area (Å²) in [6.45, 7) is 7.18. The van der Waals surface area contributed by atoms with E-state index in [9.17, 15) is 4.39 Å². The molecule has 6 heteroatoms. The first-order valence-corrected chi connectivity index (χ1v) is 10.4. The summed E-state index contributed by atoms with van der Waals surface area (Å²) in [7, 11) is 0. The number of benzene rings is 2. The van der Waals surface area contributed by atoms with E-state index in [0.717, 1.165) is 44.3 Å². The maximum Gasteiger partial charge on any atom is 0.139 e. The molecule has 0 spiro atoms. The second-order valence-corrected chi connectivity index (χ2v) is 7.97. The Hall–Kier alpha value is -2.99. The Kier molecular flexibility index (Phi) is 5.45. The van der Waals surface area contributed by atoms with Gasteiger partial charge < -0.3 is 10.1 Å². The van der Waals surface area contributed by atoms with Gasteiger partial charge in [0.1, 0.15) is 28.0 Å². The lowest BCUT2D eigenvalue weighted by Crippen LogP contribution is -2.04. The van der Waals surface area contributed by atoms with Crippen LogP contribution in [0.25, 0.3) is 21.3 Å². The van der Waals surface area contributed by atoms with Crippen molar-refractivity contribution < 1.29 is 9.13 Å². The molecule has 0 aliphatic heterocycles. The topological polar surface area (TPSA) is 47.0 Å². The number of thiophene rings is 1. The van der Waals surface area contributed by atoms with Crippen molar-refractivity contribution in [2.75, 3.05) is 11.9 Å². The number of hydrogen-bond acceptors (Lipinski definition) is 5. The Morgan fingerprint density at radius 1 is 1.00 bits per heavy atom. The summed E-state index contributed by atoms with van der Waals surface area (Å²) in [4.78, 5) is 11.5. The van der Waals surface area contributed by atoms with E-state index in [1.807, 2.05) is 26.0 Å². The highest BCUT2D eigenvalue weighted by Crippen LogP contribution is 2.41. The molecule has 4 aromatic rings. The molecule has 0 bridgehead atoms. The first-order chi connectivity index (χ1) is 14.0. The molecule has 0 radical (unpaired) electrons. The molecule has 0 saturated carbocycles. The van der Waals surface area contributed by atoms with Gasteiger partial charge in [-0.3, -0.25) is 0 Å². The third-order valence-electron chi connectivity index (χ3n) is 4.67. The average Bonchev–Trinajstić information content (AvgIpc) is 3.04. The molecular weight excluding hydrogens is 385 g/mol. The van der Waals surface area contributed by atoms with Crippen LogP contribution in [0.2, 0.25) is 0 Å². The zero-order chi connectivity index (χ0) is 20.4. The Labute approximate surface area is 173 Å². The molecule has 1 N–H and O–H groups in total. The van der Waals surface area contributed by atoms with Crippen LogP contribution in [-0.2, 0) is 6.54 Å². The fraction of sp³-hybridized carbons (Fsp3) is 0.217. The fourth-order valence-corrected chi connectivity index (χ4v) is 4.46. The maximum absolute atomic E-state index is 13.2. The lowest BCUT2D eigenvalue weighted by Gasteiger charge is -2.11. The number of aryl methyl sites for hydroxylation is 2. The second-order valence-electron chi connectivity index (χ2n) is 6.77. The molecule has 0 unspecified atom stereocenters. The predicted octanol–water partition coefficient (Wildman–Crippen LogP) is 6.13. The third-order valence-corrected chi connectivity index (χ3v) is 5.67. The van der Waals surface area contributed by atoms with Crippen molar-refractivity contribution in [2.45, 2.75) is 27.3 Å². The van der Waals surface area contributed by atoms with Gasteiger partial charge in [0.2, 0.25) is 0 Å². The summed E-state index contributed by atoms with van der Waals surface area (Å²) < 4.78 is 18.8. The molecule has 148 valence electrons. The van der Waals surface area contributed by atoms with Gasteiger partial charge >= 0.3 is 0 Å². The molecule has 0 amide bonds. The largest absolute Gasteiger partial charge is 0.494 e. The SMILES string of the molecule is CCOc1ccc(-c2c(C)sc3nc(C)nc(NCc4ccc(F)cc4)c23)cc1. The van der Waals surface area contributed by atoms with Gasteiger partial charge in [-0.2, -0.15) is 0 Å². The standard InChI is InChI=1S/C23H22FN3OS/c1-4-28-19-11-7-17(8-12-19)20-14(2)29-23-21(20)22(26-15(3)27-23)25-13-16-5-9-18(24)10-6-16/h5-12H,4,13H2,1-3H3,(H,25,26,27). The minimum atomic E-state index is -0.236. The number of hydrogen-bond donors (Lipinski definition) is 1. The minimum Gasteiger partial charge on any atom is -0.494 e. The van der Waals surface area contributed by atoms with Crippen LogP contribution in [-0.4, -0.2) is 16.6 Å². The summed E-state index contributed by atoms with van der Waals surface area (Å²) in [5, 5.41) is 4.45. The number of halogens is 1. The Morgan fingerprint density at radius 3 is 2.41 bits per heavy atom. The number of anilines is 1. The summed E-state index contributed by atoms with van der Waals surface area (Å²) in [5.74, 6) is 2.14. The predicted molar refractivity (Wildman–Crippen MR) is 117 cm³/mol. The van der Waals surface area contributed by atoms with Gasteiger partial charge in [0.15, 0.2) is 0 Å². The van der Waals surface area contributed by atoms with Gasteiger partial charge in [0.25, 0.3) is 0 Å². The molecule has 0 fully saturated rings. The minimum absolute atomic E-state index is 0.236. The van der Waals surface area contributed by atoms with E-state index in [1.54, 1.807) is 23.5 Å². The lowest BCUT2D eigenvalue weighted by atomic mass is 10.0. The van der Waals surface area contributed by atoms with Crippen LogP contribution in [0, 0.1) is 19.7 Å². The fourth-order valence-electron chi connectivity index (χ4n) is 3.37. The average molecular weight is 408 g/mol. The van der Waals surface area contributed by atoms with Crippen LogP contribution in [0.5, 0.6) is 5.75 Å². The van der Waals surface area contributed by atoms with Crippen LogP contribution in [0.3, 0.4) is 0 Å². The van der Waals surface area contributed by atoms with E-state index in [2.05, 4.69) is 34.3 Å².